The second kappa shape index (κ2) is 4.22. The van der Waals surface area contributed by atoms with Crippen LogP contribution in [-0.4, -0.2) is 20.5 Å². The number of aromatic nitrogens is 2. The van der Waals surface area contributed by atoms with E-state index in [1.807, 2.05) is 29.8 Å². The van der Waals surface area contributed by atoms with Crippen molar-refractivity contribution in [2.24, 2.45) is 0 Å². The van der Waals surface area contributed by atoms with Gasteiger partial charge in [-0.3, -0.25) is 4.40 Å². The average Bonchev–Trinajstić information content (AvgIpc) is 2.93. The molecule has 0 bridgehead atoms. The molecule has 0 aromatic carbocycles. The van der Waals surface area contributed by atoms with Crippen molar-refractivity contribution in [3.05, 3.63) is 46.0 Å². The number of hydrogen-bond acceptors (Lipinski definition) is 3. The highest BCUT2D eigenvalue weighted by Crippen LogP contribution is 2.27. The molecule has 6 heteroatoms. The van der Waals surface area contributed by atoms with Gasteiger partial charge in [-0.15, -0.1) is 11.3 Å². The highest BCUT2D eigenvalue weighted by Gasteiger charge is 2.18. The summed E-state index contributed by atoms with van der Waals surface area (Å²) in [6, 6.07) is 7.39. The minimum Gasteiger partial charge on any atom is -0.476 e. The molecule has 3 rings (SSSR count). The number of fused-ring (bicyclic) bond motifs is 1. The number of carbonyl (C=O) groups is 1. The van der Waals surface area contributed by atoms with Crippen molar-refractivity contribution in [3.63, 3.8) is 0 Å². The third kappa shape index (κ3) is 1.74. The summed E-state index contributed by atoms with van der Waals surface area (Å²) in [5.74, 6) is -0.365. The number of halogens is 1. The Morgan fingerprint density at radius 1 is 1.39 bits per heavy atom. The van der Waals surface area contributed by atoms with E-state index in [2.05, 4.69) is 20.9 Å². The molecule has 90 valence electrons. The molecule has 0 saturated carbocycles. The van der Waals surface area contributed by atoms with Gasteiger partial charge >= 0.3 is 5.97 Å². The summed E-state index contributed by atoms with van der Waals surface area (Å²) in [5, 5.41) is 11.1. The van der Waals surface area contributed by atoms with Crippen molar-refractivity contribution < 1.29 is 9.90 Å². The third-order valence-electron chi connectivity index (χ3n) is 2.55. The Balaban J connectivity index is 2.38. The first kappa shape index (κ1) is 11.4. The molecule has 0 radical (unpaired) electrons. The molecule has 3 aromatic heterocycles. The van der Waals surface area contributed by atoms with Gasteiger partial charge in [0, 0.05) is 10.7 Å². The predicted molar refractivity (Wildman–Crippen MR) is 73.2 cm³/mol. The normalized spacial score (nSPS) is 10.9. The minimum absolute atomic E-state index is 0.0749. The van der Waals surface area contributed by atoms with Crippen molar-refractivity contribution in [1.82, 2.24) is 9.38 Å². The molecular weight excluding hydrogens is 316 g/mol. The van der Waals surface area contributed by atoms with Crippen molar-refractivity contribution in [2.75, 3.05) is 0 Å². The Bertz CT molecular complexity index is 734. The average molecular weight is 323 g/mol. The van der Waals surface area contributed by atoms with Gasteiger partial charge in [-0.05, 0) is 39.5 Å². The van der Waals surface area contributed by atoms with E-state index in [0.717, 1.165) is 9.35 Å². The summed E-state index contributed by atoms with van der Waals surface area (Å²) < 4.78 is 2.67. The molecule has 0 amide bonds. The lowest BCUT2D eigenvalue weighted by molar-refractivity contribution is 0.0693. The summed E-state index contributed by atoms with van der Waals surface area (Å²) in [7, 11) is 0. The molecule has 0 unspecified atom stereocenters. The van der Waals surface area contributed by atoms with E-state index in [1.165, 1.54) is 11.3 Å². The van der Waals surface area contributed by atoms with Gasteiger partial charge in [0.25, 0.3) is 0 Å². The molecule has 4 nitrogen and oxygen atoms in total. The second-order valence-corrected chi connectivity index (χ2v) is 5.53. The largest absolute Gasteiger partial charge is 0.476 e. The molecule has 3 aromatic rings. The van der Waals surface area contributed by atoms with Crippen molar-refractivity contribution in [1.29, 1.82) is 0 Å². The summed E-state index contributed by atoms with van der Waals surface area (Å²) >= 11 is 4.91. The van der Waals surface area contributed by atoms with Crippen LogP contribution in [0, 0.1) is 0 Å². The predicted octanol–water partition coefficient (Wildman–Crippen LogP) is 3.52. The third-order valence-corrected chi connectivity index (χ3v) is 3.88. The van der Waals surface area contributed by atoms with E-state index in [-0.39, 0.29) is 5.69 Å². The van der Waals surface area contributed by atoms with Crippen LogP contribution in [0.15, 0.2) is 40.3 Å². The maximum atomic E-state index is 11.2. The highest BCUT2D eigenvalue weighted by atomic mass is 79.9. The van der Waals surface area contributed by atoms with Gasteiger partial charge in [-0.1, -0.05) is 6.07 Å². The van der Waals surface area contributed by atoms with Crippen LogP contribution in [-0.2, 0) is 0 Å². The first-order valence-corrected chi connectivity index (χ1v) is 6.79. The van der Waals surface area contributed by atoms with Gasteiger partial charge in [0.15, 0.2) is 11.5 Å². The smallest absolute Gasteiger partial charge is 0.356 e. The molecule has 0 aliphatic carbocycles. The van der Waals surface area contributed by atoms with E-state index >= 15 is 0 Å². The quantitative estimate of drug-likeness (QED) is 0.785. The zero-order valence-corrected chi connectivity index (χ0v) is 11.4. The van der Waals surface area contributed by atoms with Crippen LogP contribution < -0.4 is 0 Å². The molecule has 0 saturated heterocycles. The molecule has 0 atom stereocenters. The summed E-state index contributed by atoms with van der Waals surface area (Å²) in [6.07, 6.45) is 1.82. The summed E-state index contributed by atoms with van der Waals surface area (Å²) in [6.45, 7) is 0. The molecule has 0 aliphatic heterocycles. The van der Waals surface area contributed by atoms with Gasteiger partial charge in [-0.2, -0.15) is 0 Å². The molecule has 3 heterocycles. The number of nitrogens with zero attached hydrogens (tertiary/aromatic N) is 2. The lowest BCUT2D eigenvalue weighted by Gasteiger charge is -1.99. The maximum absolute atomic E-state index is 11.2. The van der Waals surface area contributed by atoms with Gasteiger partial charge in [0.2, 0.25) is 0 Å². The van der Waals surface area contributed by atoms with E-state index in [1.54, 1.807) is 10.5 Å². The summed E-state index contributed by atoms with van der Waals surface area (Å²) in [5.41, 5.74) is 0.667. The van der Waals surface area contributed by atoms with Gasteiger partial charge in [0.1, 0.15) is 0 Å². The number of pyridine rings is 1. The fourth-order valence-electron chi connectivity index (χ4n) is 1.80. The molecule has 0 spiro atoms. The molecular formula is C12H7BrN2O2S. The Kier molecular flexibility index (Phi) is 2.68. The first-order chi connectivity index (χ1) is 8.66. The number of hydrogen-bond donors (Lipinski definition) is 1. The number of aromatic carboxylic acids is 1. The Morgan fingerprint density at radius 2 is 2.22 bits per heavy atom. The molecule has 18 heavy (non-hydrogen) atoms. The van der Waals surface area contributed by atoms with Crippen LogP contribution in [0.5, 0.6) is 0 Å². The van der Waals surface area contributed by atoms with Crippen LogP contribution in [0.3, 0.4) is 0 Å². The maximum Gasteiger partial charge on any atom is 0.356 e. The van der Waals surface area contributed by atoms with Crippen molar-refractivity contribution in [3.8, 4) is 10.7 Å². The van der Waals surface area contributed by atoms with Crippen LogP contribution in [0.1, 0.15) is 10.5 Å². The Labute approximate surface area is 115 Å². The number of imidazole rings is 1. The fraction of sp³-hybridized carbons (Fsp3) is 0. The minimum atomic E-state index is -1.02. The van der Waals surface area contributed by atoms with Crippen LogP contribution in [0.4, 0.5) is 0 Å². The lowest BCUT2D eigenvalue weighted by atomic mass is 10.3. The Hall–Kier alpha value is -1.66. The SMILES string of the molecule is O=C(O)c1nc(-c2cccs2)n2cc(Br)ccc12. The standard InChI is InChI=1S/C12H7BrN2O2S/c13-7-3-4-8-10(12(16)17)14-11(15(8)6-7)9-2-1-5-18-9/h1-6H,(H,16,17). The second-order valence-electron chi connectivity index (χ2n) is 3.67. The Morgan fingerprint density at radius 3 is 2.89 bits per heavy atom. The van der Waals surface area contributed by atoms with Crippen molar-refractivity contribution in [2.45, 2.75) is 0 Å². The molecule has 0 aliphatic rings. The van der Waals surface area contributed by atoms with Crippen LogP contribution in [0.2, 0.25) is 0 Å². The van der Waals surface area contributed by atoms with E-state index in [0.29, 0.717) is 11.3 Å². The molecule has 1 N–H and O–H groups in total. The lowest BCUT2D eigenvalue weighted by Crippen LogP contribution is -1.97. The zero-order chi connectivity index (χ0) is 12.7. The van der Waals surface area contributed by atoms with E-state index < -0.39 is 5.97 Å². The number of rotatable bonds is 2. The van der Waals surface area contributed by atoms with Gasteiger partial charge in [0.05, 0.1) is 10.4 Å². The zero-order valence-electron chi connectivity index (χ0n) is 9.00. The van der Waals surface area contributed by atoms with E-state index in [4.69, 9.17) is 0 Å². The van der Waals surface area contributed by atoms with E-state index in [9.17, 15) is 9.90 Å². The first-order valence-electron chi connectivity index (χ1n) is 5.11. The topological polar surface area (TPSA) is 54.6 Å². The van der Waals surface area contributed by atoms with Crippen LogP contribution in [0.25, 0.3) is 16.2 Å². The number of thiophene rings is 1. The fourth-order valence-corrected chi connectivity index (χ4v) is 2.84. The van der Waals surface area contributed by atoms with Gasteiger partial charge < -0.3 is 5.11 Å². The van der Waals surface area contributed by atoms with Crippen LogP contribution >= 0.6 is 27.3 Å². The summed E-state index contributed by atoms with van der Waals surface area (Å²) in [4.78, 5) is 16.4. The number of carboxylic acid groups (broad SMARTS) is 1. The van der Waals surface area contributed by atoms with Crippen molar-refractivity contribution >= 4 is 38.8 Å². The van der Waals surface area contributed by atoms with Gasteiger partial charge in [-0.25, -0.2) is 9.78 Å². The monoisotopic (exact) mass is 322 g/mol. The highest BCUT2D eigenvalue weighted by molar-refractivity contribution is 9.10. The molecule has 0 fully saturated rings. The number of carboxylic acids is 1.